The molecule has 0 aliphatic heterocycles. The molecule has 0 atom stereocenters. The molecule has 0 saturated carbocycles. The van der Waals surface area contributed by atoms with Crippen LogP contribution in [0.1, 0.15) is 21.6 Å². The van der Waals surface area contributed by atoms with Gasteiger partial charge in [0.05, 0.1) is 25.6 Å². The van der Waals surface area contributed by atoms with Gasteiger partial charge in [-0.3, -0.25) is 10.1 Å². The van der Waals surface area contributed by atoms with Crippen molar-refractivity contribution < 1.29 is 14.3 Å². The van der Waals surface area contributed by atoms with Gasteiger partial charge in [-0.2, -0.15) is 9.36 Å². The maximum absolute atomic E-state index is 12.5. The Morgan fingerprint density at radius 3 is 2.48 bits per heavy atom. The van der Waals surface area contributed by atoms with E-state index in [9.17, 15) is 4.79 Å². The van der Waals surface area contributed by atoms with Crippen LogP contribution < -0.4 is 14.8 Å². The molecule has 0 aliphatic rings. The molecule has 0 bridgehead atoms. The van der Waals surface area contributed by atoms with E-state index in [4.69, 9.17) is 9.47 Å². The second-order valence-corrected chi connectivity index (χ2v) is 7.50. The zero-order chi connectivity index (χ0) is 22.0. The second-order valence-electron chi connectivity index (χ2n) is 6.75. The van der Waals surface area contributed by atoms with Gasteiger partial charge in [-0.25, -0.2) is 4.68 Å². The van der Waals surface area contributed by atoms with E-state index >= 15 is 0 Å². The van der Waals surface area contributed by atoms with Crippen LogP contribution in [0.5, 0.6) is 11.5 Å². The molecule has 2 aromatic carbocycles. The summed E-state index contributed by atoms with van der Waals surface area (Å²) >= 11 is 1.09. The number of benzene rings is 2. The van der Waals surface area contributed by atoms with Crippen LogP contribution in [0.2, 0.25) is 0 Å². The van der Waals surface area contributed by atoms with E-state index in [2.05, 4.69) is 25.0 Å². The Morgan fingerprint density at radius 1 is 1.06 bits per heavy atom. The number of carbonyl (C=O) groups is 1. The summed E-state index contributed by atoms with van der Waals surface area (Å²) in [5.41, 5.74) is 3.56. The highest BCUT2D eigenvalue weighted by molar-refractivity contribution is 7.10. The van der Waals surface area contributed by atoms with Crippen LogP contribution in [0.25, 0.3) is 17.2 Å². The third-order valence-electron chi connectivity index (χ3n) is 4.61. The summed E-state index contributed by atoms with van der Waals surface area (Å²) in [7, 11) is 3.17. The first-order valence-electron chi connectivity index (χ1n) is 9.36. The number of aryl methyl sites for hydroxylation is 1. The Labute approximate surface area is 182 Å². The molecule has 0 fully saturated rings. The zero-order valence-corrected chi connectivity index (χ0v) is 18.2. The van der Waals surface area contributed by atoms with Gasteiger partial charge in [-0.1, -0.05) is 22.9 Å². The van der Waals surface area contributed by atoms with Gasteiger partial charge >= 0.3 is 0 Å². The molecule has 0 saturated heterocycles. The largest absolute Gasteiger partial charge is 0.497 e. The fourth-order valence-corrected chi connectivity index (χ4v) is 3.59. The van der Waals surface area contributed by atoms with Gasteiger partial charge in [0, 0.05) is 35.3 Å². The molecule has 10 heteroatoms. The van der Waals surface area contributed by atoms with E-state index in [1.807, 2.05) is 44.2 Å². The molecule has 0 radical (unpaired) electrons. The highest BCUT2D eigenvalue weighted by Gasteiger charge is 2.18. The smallest absolute Gasteiger partial charge is 0.257 e. The number of carbonyl (C=O) groups excluding carboxylic acids is 1. The lowest BCUT2D eigenvalue weighted by Gasteiger charge is -2.09. The van der Waals surface area contributed by atoms with Crippen LogP contribution in [-0.2, 0) is 0 Å². The van der Waals surface area contributed by atoms with Crippen molar-refractivity contribution in [2.45, 2.75) is 13.8 Å². The number of ether oxygens (including phenoxy) is 2. The van der Waals surface area contributed by atoms with E-state index in [0.29, 0.717) is 33.7 Å². The number of methoxy groups -OCH3 is 2. The van der Waals surface area contributed by atoms with E-state index in [-0.39, 0.29) is 5.91 Å². The summed E-state index contributed by atoms with van der Waals surface area (Å²) in [6, 6.07) is 12.8. The number of anilines is 1. The molecule has 4 aromatic rings. The minimum Gasteiger partial charge on any atom is -0.497 e. The van der Waals surface area contributed by atoms with Gasteiger partial charge in [-0.05, 0) is 26.0 Å². The summed E-state index contributed by atoms with van der Waals surface area (Å²) in [5.74, 6) is 1.43. The number of nitrogens with zero attached hydrogens (tertiary/aromatic N) is 5. The van der Waals surface area contributed by atoms with Gasteiger partial charge < -0.3 is 9.47 Å². The molecule has 2 aromatic heterocycles. The molecule has 2 heterocycles. The Bertz CT molecular complexity index is 1230. The molecule has 31 heavy (non-hydrogen) atoms. The first-order chi connectivity index (χ1) is 15.0. The predicted molar refractivity (Wildman–Crippen MR) is 117 cm³/mol. The molecule has 158 valence electrons. The number of hydrogen-bond donors (Lipinski definition) is 1. The summed E-state index contributed by atoms with van der Waals surface area (Å²) in [6.07, 6.45) is 0. The number of aromatic nitrogens is 5. The lowest BCUT2D eigenvalue weighted by atomic mass is 10.1. The standard InChI is InChI=1S/C21H20N6O3S/c1-12-6-5-7-14(8-12)20(28)23-21-22-19(25-31-21)18-13(2)27(26-24-18)15-9-16(29-3)11-17(10-15)30-4/h5-11H,1-4H3,(H,22,23,25,28). The quantitative estimate of drug-likeness (QED) is 0.492. The van der Waals surface area contributed by atoms with Gasteiger partial charge in [0.2, 0.25) is 5.13 Å². The van der Waals surface area contributed by atoms with Crippen molar-refractivity contribution in [3.63, 3.8) is 0 Å². The van der Waals surface area contributed by atoms with E-state index in [1.54, 1.807) is 31.0 Å². The maximum atomic E-state index is 12.5. The number of hydrogen-bond acceptors (Lipinski definition) is 8. The fraction of sp³-hybridized carbons (Fsp3) is 0.190. The highest BCUT2D eigenvalue weighted by Crippen LogP contribution is 2.28. The lowest BCUT2D eigenvalue weighted by molar-refractivity contribution is 0.102. The predicted octanol–water partition coefficient (Wildman–Crippen LogP) is 3.67. The van der Waals surface area contributed by atoms with Crippen LogP contribution in [0.3, 0.4) is 0 Å². The molecular formula is C21H20N6O3S. The summed E-state index contributed by atoms with van der Waals surface area (Å²) in [5, 5.41) is 11.6. The van der Waals surface area contributed by atoms with Crippen LogP contribution in [0.4, 0.5) is 5.13 Å². The van der Waals surface area contributed by atoms with Gasteiger partial charge in [0.15, 0.2) is 11.5 Å². The maximum Gasteiger partial charge on any atom is 0.257 e. The minimum absolute atomic E-state index is 0.241. The molecule has 0 unspecified atom stereocenters. The lowest BCUT2D eigenvalue weighted by Crippen LogP contribution is -2.11. The van der Waals surface area contributed by atoms with Crippen LogP contribution in [-0.4, -0.2) is 44.5 Å². The molecule has 9 nitrogen and oxygen atoms in total. The topological polar surface area (TPSA) is 104 Å². The SMILES string of the molecule is COc1cc(OC)cc(-n2nnc(-c3nsc(NC(=O)c4cccc(C)c4)n3)c2C)c1. The average molecular weight is 436 g/mol. The zero-order valence-electron chi connectivity index (χ0n) is 17.4. The molecular weight excluding hydrogens is 416 g/mol. The van der Waals surface area contributed by atoms with Crippen LogP contribution in [0, 0.1) is 13.8 Å². The monoisotopic (exact) mass is 436 g/mol. The summed E-state index contributed by atoms with van der Waals surface area (Å²) in [4.78, 5) is 16.9. The first-order valence-corrected chi connectivity index (χ1v) is 10.1. The first kappa shape index (κ1) is 20.5. The Hall–Kier alpha value is -3.79. The molecule has 0 aliphatic carbocycles. The Morgan fingerprint density at radius 2 is 1.81 bits per heavy atom. The number of nitrogens with one attached hydrogen (secondary N) is 1. The second kappa shape index (κ2) is 8.52. The minimum atomic E-state index is -0.241. The number of rotatable bonds is 6. The van der Waals surface area contributed by atoms with Crippen molar-refractivity contribution in [1.29, 1.82) is 0 Å². The number of amides is 1. The Balaban J connectivity index is 1.59. The summed E-state index contributed by atoms with van der Waals surface area (Å²) in [6.45, 7) is 3.80. The normalized spacial score (nSPS) is 10.7. The summed E-state index contributed by atoms with van der Waals surface area (Å²) < 4.78 is 16.7. The Kier molecular flexibility index (Phi) is 5.63. The van der Waals surface area contributed by atoms with Crippen LogP contribution in [0.15, 0.2) is 42.5 Å². The molecule has 0 spiro atoms. The molecule has 1 N–H and O–H groups in total. The molecule has 4 rings (SSSR count). The van der Waals surface area contributed by atoms with Crippen molar-refractivity contribution in [3.8, 4) is 28.7 Å². The fourth-order valence-electron chi connectivity index (χ4n) is 3.02. The van der Waals surface area contributed by atoms with Crippen molar-refractivity contribution in [2.24, 2.45) is 0 Å². The van der Waals surface area contributed by atoms with Crippen molar-refractivity contribution in [2.75, 3.05) is 19.5 Å². The van der Waals surface area contributed by atoms with Gasteiger partial charge in [-0.15, -0.1) is 5.10 Å². The van der Waals surface area contributed by atoms with E-state index < -0.39 is 0 Å². The van der Waals surface area contributed by atoms with Gasteiger partial charge in [0.25, 0.3) is 5.91 Å². The highest BCUT2D eigenvalue weighted by atomic mass is 32.1. The van der Waals surface area contributed by atoms with Gasteiger partial charge in [0.1, 0.15) is 11.5 Å². The molecule has 1 amide bonds. The van der Waals surface area contributed by atoms with Crippen molar-refractivity contribution in [1.82, 2.24) is 24.4 Å². The van der Waals surface area contributed by atoms with Crippen molar-refractivity contribution >= 4 is 22.6 Å². The van der Waals surface area contributed by atoms with Crippen molar-refractivity contribution in [3.05, 3.63) is 59.3 Å². The third-order valence-corrected chi connectivity index (χ3v) is 5.24. The van der Waals surface area contributed by atoms with Crippen LogP contribution >= 0.6 is 11.5 Å². The third kappa shape index (κ3) is 4.24. The average Bonchev–Trinajstić information content (AvgIpc) is 3.39. The van der Waals surface area contributed by atoms with E-state index in [1.165, 1.54) is 0 Å². The van der Waals surface area contributed by atoms with E-state index in [0.717, 1.165) is 28.5 Å².